The van der Waals surface area contributed by atoms with Gasteiger partial charge in [-0.25, -0.2) is 4.39 Å². The lowest BCUT2D eigenvalue weighted by Crippen LogP contribution is -2.25. The average Bonchev–Trinajstić information content (AvgIpc) is 2.82. The first-order valence-corrected chi connectivity index (χ1v) is 9.31. The Balaban J connectivity index is 1.66. The summed E-state index contributed by atoms with van der Waals surface area (Å²) in [6, 6.07) is 12.1. The molecule has 0 unspecified atom stereocenters. The molecule has 9 nitrogen and oxygen atoms in total. The van der Waals surface area contributed by atoms with Gasteiger partial charge in [-0.05, 0) is 29.4 Å². The zero-order valence-corrected chi connectivity index (χ0v) is 16.7. The summed E-state index contributed by atoms with van der Waals surface area (Å²) in [7, 11) is 1.35. The Morgan fingerprint density at radius 1 is 0.938 bits per heavy atom. The molecule has 0 saturated heterocycles. The second kappa shape index (κ2) is 9.69. The van der Waals surface area contributed by atoms with Crippen LogP contribution in [-0.4, -0.2) is 41.9 Å². The Bertz CT molecular complexity index is 1170. The lowest BCUT2D eigenvalue weighted by molar-refractivity contribution is 0.0672. The smallest absolute Gasteiger partial charge is 0.280 e. The maximum atomic E-state index is 15.0. The summed E-state index contributed by atoms with van der Waals surface area (Å²) in [6.07, 6.45) is 1.03. The minimum Gasteiger partial charge on any atom is -0.470 e. The van der Waals surface area contributed by atoms with Crippen molar-refractivity contribution in [3.8, 4) is 23.3 Å². The SMILES string of the molecule is CON=C(C1=NOCCO1)c1ccccc1Oc1ncnc(Oc2ccccc2F)c1F. The Morgan fingerprint density at radius 3 is 2.31 bits per heavy atom. The number of benzene rings is 2. The minimum absolute atomic E-state index is 0.0703. The number of ether oxygens (including phenoxy) is 3. The largest absolute Gasteiger partial charge is 0.470 e. The summed E-state index contributed by atoms with van der Waals surface area (Å²) in [5.74, 6) is -2.61. The van der Waals surface area contributed by atoms with Gasteiger partial charge in [0.1, 0.15) is 25.8 Å². The Labute approximate surface area is 180 Å². The van der Waals surface area contributed by atoms with Crippen LogP contribution in [0.4, 0.5) is 8.78 Å². The van der Waals surface area contributed by atoms with Gasteiger partial charge in [0.05, 0.1) is 5.56 Å². The molecule has 0 fully saturated rings. The minimum atomic E-state index is -1.02. The van der Waals surface area contributed by atoms with Crippen LogP contribution >= 0.6 is 0 Å². The first-order valence-electron chi connectivity index (χ1n) is 9.31. The highest BCUT2D eigenvalue weighted by molar-refractivity contribution is 6.45. The quantitative estimate of drug-likeness (QED) is 0.402. The Morgan fingerprint density at radius 2 is 1.62 bits per heavy atom. The van der Waals surface area contributed by atoms with E-state index in [1.165, 1.54) is 25.3 Å². The molecule has 3 aromatic rings. The van der Waals surface area contributed by atoms with E-state index in [4.69, 9.17) is 23.9 Å². The maximum Gasteiger partial charge on any atom is 0.280 e. The second-order valence-electron chi connectivity index (χ2n) is 6.13. The highest BCUT2D eigenvalue weighted by atomic mass is 19.1. The third-order valence-corrected chi connectivity index (χ3v) is 4.06. The molecular weight excluding hydrogens is 426 g/mol. The Hall–Kier alpha value is -4.28. The number of halogens is 2. The van der Waals surface area contributed by atoms with Crippen LogP contribution in [0.5, 0.6) is 23.3 Å². The van der Waals surface area contributed by atoms with Crippen molar-refractivity contribution in [2.45, 2.75) is 0 Å². The van der Waals surface area contributed by atoms with Crippen LogP contribution in [0.3, 0.4) is 0 Å². The van der Waals surface area contributed by atoms with Crippen molar-refractivity contribution < 1.29 is 32.7 Å². The van der Waals surface area contributed by atoms with E-state index in [-0.39, 0.29) is 29.7 Å². The van der Waals surface area contributed by atoms with Gasteiger partial charge in [0.25, 0.3) is 17.7 Å². The molecule has 1 aliphatic heterocycles. The predicted octanol–water partition coefficient (Wildman–Crippen LogP) is 4.05. The number of rotatable bonds is 7. The third-order valence-electron chi connectivity index (χ3n) is 4.06. The molecule has 0 bridgehead atoms. The van der Waals surface area contributed by atoms with E-state index in [1.54, 1.807) is 30.3 Å². The Kier molecular flexibility index (Phi) is 6.35. The van der Waals surface area contributed by atoms with Gasteiger partial charge in [0.15, 0.2) is 23.9 Å². The van der Waals surface area contributed by atoms with Gasteiger partial charge in [-0.3, -0.25) is 0 Å². The summed E-state index contributed by atoms with van der Waals surface area (Å²) < 4.78 is 45.3. The van der Waals surface area contributed by atoms with E-state index >= 15 is 0 Å². The molecule has 11 heteroatoms. The summed E-state index contributed by atoms with van der Waals surface area (Å²) in [5.41, 5.74) is 0.535. The van der Waals surface area contributed by atoms with E-state index in [1.807, 2.05) is 0 Å². The van der Waals surface area contributed by atoms with Gasteiger partial charge in [-0.2, -0.15) is 14.4 Å². The third kappa shape index (κ3) is 4.56. The van der Waals surface area contributed by atoms with Crippen molar-refractivity contribution in [2.75, 3.05) is 20.3 Å². The fraction of sp³-hybridized carbons (Fsp3) is 0.143. The van der Waals surface area contributed by atoms with E-state index in [0.29, 0.717) is 12.2 Å². The standard InChI is InChI=1S/C21H16F2N4O5/c1-28-26-18(21-27-30-11-10-29-21)13-6-2-4-8-15(13)31-19-17(23)20(25-12-24-19)32-16-9-5-3-7-14(16)22/h2-9,12H,10-11H2,1H3. The van der Waals surface area contributed by atoms with Crippen molar-refractivity contribution in [1.82, 2.24) is 9.97 Å². The number of hydrogen-bond acceptors (Lipinski definition) is 9. The average molecular weight is 442 g/mol. The molecule has 164 valence electrons. The summed E-state index contributed by atoms with van der Waals surface area (Å²) in [4.78, 5) is 17.5. The molecule has 32 heavy (non-hydrogen) atoms. The lowest BCUT2D eigenvalue weighted by atomic mass is 10.1. The van der Waals surface area contributed by atoms with Crippen molar-refractivity contribution >= 4 is 11.6 Å². The molecule has 0 saturated carbocycles. The van der Waals surface area contributed by atoms with E-state index in [9.17, 15) is 8.78 Å². The zero-order valence-electron chi connectivity index (χ0n) is 16.7. The molecule has 0 atom stereocenters. The van der Waals surface area contributed by atoms with Crippen molar-refractivity contribution in [1.29, 1.82) is 0 Å². The molecule has 2 heterocycles. The molecule has 1 aromatic heterocycles. The van der Waals surface area contributed by atoms with Crippen LogP contribution in [0, 0.1) is 11.6 Å². The molecule has 4 rings (SSSR count). The molecule has 0 aliphatic carbocycles. The van der Waals surface area contributed by atoms with Gasteiger partial charge in [-0.1, -0.05) is 29.4 Å². The highest BCUT2D eigenvalue weighted by Crippen LogP contribution is 2.32. The van der Waals surface area contributed by atoms with Crippen LogP contribution in [0.15, 0.2) is 65.2 Å². The topological polar surface area (TPSA) is 96.7 Å². The molecule has 0 amide bonds. The molecule has 0 radical (unpaired) electrons. The zero-order chi connectivity index (χ0) is 22.3. The van der Waals surface area contributed by atoms with Gasteiger partial charge in [0.2, 0.25) is 5.82 Å². The van der Waals surface area contributed by atoms with Gasteiger partial charge >= 0.3 is 0 Å². The molecule has 2 aromatic carbocycles. The van der Waals surface area contributed by atoms with Crippen molar-refractivity contribution in [3.05, 3.63) is 72.1 Å². The van der Waals surface area contributed by atoms with Gasteiger partial charge in [-0.15, -0.1) is 0 Å². The normalized spacial score (nSPS) is 13.5. The first-order chi connectivity index (χ1) is 15.7. The summed E-state index contributed by atoms with van der Waals surface area (Å²) >= 11 is 0. The predicted molar refractivity (Wildman–Crippen MR) is 108 cm³/mol. The molecular formula is C21H16F2N4O5. The maximum absolute atomic E-state index is 15.0. The van der Waals surface area contributed by atoms with Gasteiger partial charge < -0.3 is 23.9 Å². The highest BCUT2D eigenvalue weighted by Gasteiger charge is 2.24. The number of para-hydroxylation sites is 2. The fourth-order valence-corrected chi connectivity index (χ4v) is 2.68. The number of oxime groups is 2. The fourth-order valence-electron chi connectivity index (χ4n) is 2.68. The van der Waals surface area contributed by atoms with E-state index in [0.717, 1.165) is 6.33 Å². The summed E-state index contributed by atoms with van der Waals surface area (Å²) in [6.45, 7) is 0.556. The monoisotopic (exact) mass is 442 g/mol. The lowest BCUT2D eigenvalue weighted by Gasteiger charge is -2.17. The van der Waals surface area contributed by atoms with Crippen LogP contribution in [0.1, 0.15) is 5.56 Å². The molecule has 1 aliphatic rings. The van der Waals surface area contributed by atoms with Crippen molar-refractivity contribution in [2.24, 2.45) is 10.3 Å². The van der Waals surface area contributed by atoms with Gasteiger partial charge in [0, 0.05) is 0 Å². The second-order valence-corrected chi connectivity index (χ2v) is 6.13. The van der Waals surface area contributed by atoms with Crippen LogP contribution in [0.25, 0.3) is 0 Å². The number of aromatic nitrogens is 2. The molecule has 0 spiro atoms. The van der Waals surface area contributed by atoms with Crippen LogP contribution < -0.4 is 9.47 Å². The summed E-state index contributed by atoms with van der Waals surface area (Å²) in [5, 5.41) is 7.77. The van der Waals surface area contributed by atoms with E-state index in [2.05, 4.69) is 20.3 Å². The number of hydrogen-bond donors (Lipinski definition) is 0. The van der Waals surface area contributed by atoms with E-state index < -0.39 is 23.4 Å². The first kappa shape index (κ1) is 21.0. The van der Waals surface area contributed by atoms with Crippen LogP contribution in [-0.2, 0) is 14.4 Å². The van der Waals surface area contributed by atoms with Crippen molar-refractivity contribution in [3.63, 3.8) is 0 Å². The molecule has 0 N–H and O–H groups in total. The number of nitrogens with zero attached hydrogens (tertiary/aromatic N) is 4. The van der Waals surface area contributed by atoms with Crippen LogP contribution in [0.2, 0.25) is 0 Å².